The van der Waals surface area contributed by atoms with Gasteiger partial charge in [-0.2, -0.15) is 0 Å². The number of hydrogen-bond donors (Lipinski definition) is 1. The van der Waals surface area contributed by atoms with Crippen LogP contribution in [0, 0.1) is 6.92 Å². The summed E-state index contributed by atoms with van der Waals surface area (Å²) >= 11 is 0. The zero-order chi connectivity index (χ0) is 20.4. The number of benzene rings is 3. The van der Waals surface area contributed by atoms with Crippen molar-refractivity contribution in [2.45, 2.75) is 6.92 Å². The number of methoxy groups -OCH3 is 1. The third-order valence-electron chi connectivity index (χ3n) is 4.75. The molecule has 29 heavy (non-hydrogen) atoms. The molecule has 6 heteroatoms. The second-order valence-electron chi connectivity index (χ2n) is 6.54. The maximum Gasteiger partial charge on any atom is 0.352 e. The molecule has 4 rings (SSSR count). The normalized spacial score (nSPS) is 11.6. The lowest BCUT2D eigenvalue weighted by atomic mass is 10.0. The van der Waals surface area contributed by atoms with Gasteiger partial charge in [0.05, 0.1) is 7.11 Å². The van der Waals surface area contributed by atoms with Crippen LogP contribution < -0.4 is 4.74 Å². The first-order chi connectivity index (χ1) is 14.1. The highest BCUT2D eigenvalue weighted by molar-refractivity contribution is 6.16. The number of aryl methyl sites for hydroxylation is 1. The Labute approximate surface area is 167 Å². The minimum atomic E-state index is -1.06. The number of ether oxygens (including phenoxy) is 1. The third-order valence-corrected chi connectivity index (χ3v) is 4.75. The maximum atomic E-state index is 12.2. The van der Waals surface area contributed by atoms with E-state index in [1.54, 1.807) is 36.8 Å². The number of carboxylic acids is 1. The largest absolute Gasteiger partial charge is 0.497 e. The summed E-state index contributed by atoms with van der Waals surface area (Å²) in [6.45, 7) is 1.74. The molecule has 6 nitrogen and oxygen atoms in total. The molecule has 4 aromatic rings. The predicted octanol–water partition coefficient (Wildman–Crippen LogP) is 4.50. The fourth-order valence-electron chi connectivity index (χ4n) is 3.32. The quantitative estimate of drug-likeness (QED) is 0.512. The van der Waals surface area contributed by atoms with Gasteiger partial charge in [-0.25, -0.2) is 4.79 Å². The van der Waals surface area contributed by atoms with Crippen LogP contribution in [0.1, 0.15) is 11.4 Å². The highest BCUT2D eigenvalue weighted by atomic mass is 16.5. The minimum absolute atomic E-state index is 0.0784. The zero-order valence-corrected chi connectivity index (χ0v) is 16.0. The Morgan fingerprint density at radius 2 is 1.72 bits per heavy atom. The minimum Gasteiger partial charge on any atom is -0.497 e. The summed E-state index contributed by atoms with van der Waals surface area (Å²) < 4.78 is 6.76. The topological polar surface area (TPSA) is 77.2 Å². The Morgan fingerprint density at radius 3 is 2.45 bits per heavy atom. The number of nitrogens with zero attached hydrogens (tertiary/aromatic N) is 3. The van der Waals surface area contributed by atoms with E-state index in [2.05, 4.69) is 10.2 Å². The maximum absolute atomic E-state index is 12.2. The standard InChI is InChI=1S/C23H19N3O3/c1-15-24-25-22(17-10-12-19(29-2)13-11-17)26(15)21(23(27)28)14-18-8-5-7-16-6-3-4-9-20(16)18/h3-14H,1-2H3,(H,27,28)/b21-14-. The lowest BCUT2D eigenvalue weighted by Crippen LogP contribution is -2.11. The van der Waals surface area contributed by atoms with Gasteiger partial charge in [-0.1, -0.05) is 42.5 Å². The molecule has 0 fully saturated rings. The molecule has 0 atom stereocenters. The molecule has 1 aromatic heterocycles. The van der Waals surface area contributed by atoms with Crippen molar-refractivity contribution in [1.82, 2.24) is 14.8 Å². The van der Waals surface area contributed by atoms with Crippen molar-refractivity contribution in [2.24, 2.45) is 0 Å². The van der Waals surface area contributed by atoms with Gasteiger partial charge in [-0.15, -0.1) is 10.2 Å². The van der Waals surface area contributed by atoms with E-state index in [9.17, 15) is 9.90 Å². The zero-order valence-electron chi connectivity index (χ0n) is 16.0. The first kappa shape index (κ1) is 18.4. The van der Waals surface area contributed by atoms with Gasteiger partial charge in [0.25, 0.3) is 0 Å². The monoisotopic (exact) mass is 385 g/mol. The molecule has 0 saturated heterocycles. The number of carboxylic acid groups (broad SMARTS) is 1. The van der Waals surface area contributed by atoms with E-state index in [1.807, 2.05) is 54.6 Å². The van der Waals surface area contributed by atoms with Crippen molar-refractivity contribution in [2.75, 3.05) is 7.11 Å². The van der Waals surface area contributed by atoms with Crippen LogP contribution in [-0.2, 0) is 4.79 Å². The van der Waals surface area contributed by atoms with E-state index >= 15 is 0 Å². The molecule has 0 amide bonds. The van der Waals surface area contributed by atoms with Crippen molar-refractivity contribution in [3.63, 3.8) is 0 Å². The Balaban J connectivity index is 1.89. The second-order valence-corrected chi connectivity index (χ2v) is 6.54. The summed E-state index contributed by atoms with van der Waals surface area (Å²) in [5.74, 6) is 0.598. The van der Waals surface area contributed by atoms with Crippen molar-refractivity contribution < 1.29 is 14.6 Å². The molecule has 0 unspecified atom stereocenters. The molecular weight excluding hydrogens is 366 g/mol. The Kier molecular flexibility index (Phi) is 4.83. The summed E-state index contributed by atoms with van der Waals surface area (Å²) in [5.41, 5.74) is 1.64. The van der Waals surface area contributed by atoms with Gasteiger partial charge < -0.3 is 9.84 Å². The van der Waals surface area contributed by atoms with Crippen LogP contribution >= 0.6 is 0 Å². The Bertz CT molecular complexity index is 1220. The number of aromatic nitrogens is 3. The summed E-state index contributed by atoms with van der Waals surface area (Å²) in [4.78, 5) is 12.2. The molecule has 1 N–H and O–H groups in total. The average Bonchev–Trinajstić information content (AvgIpc) is 3.13. The molecule has 0 aliphatic heterocycles. The Hall–Kier alpha value is -3.93. The average molecular weight is 385 g/mol. The predicted molar refractivity (Wildman–Crippen MR) is 112 cm³/mol. The molecule has 0 saturated carbocycles. The molecular formula is C23H19N3O3. The fraction of sp³-hybridized carbons (Fsp3) is 0.0870. The number of carbonyl (C=O) groups is 1. The first-order valence-corrected chi connectivity index (χ1v) is 9.08. The van der Waals surface area contributed by atoms with Crippen LogP contribution in [0.2, 0.25) is 0 Å². The van der Waals surface area contributed by atoms with Crippen LogP contribution in [-0.4, -0.2) is 33.0 Å². The third kappa shape index (κ3) is 3.48. The fourth-order valence-corrected chi connectivity index (χ4v) is 3.32. The van der Waals surface area contributed by atoms with E-state index in [-0.39, 0.29) is 5.70 Å². The van der Waals surface area contributed by atoms with Gasteiger partial charge in [0.2, 0.25) is 0 Å². The van der Waals surface area contributed by atoms with Crippen LogP contribution in [0.3, 0.4) is 0 Å². The van der Waals surface area contributed by atoms with Crippen molar-refractivity contribution in [3.05, 3.63) is 78.1 Å². The van der Waals surface area contributed by atoms with E-state index in [0.29, 0.717) is 17.4 Å². The summed E-state index contributed by atoms with van der Waals surface area (Å²) in [7, 11) is 1.59. The number of fused-ring (bicyclic) bond motifs is 1. The number of aliphatic carboxylic acids is 1. The molecule has 0 bridgehead atoms. The van der Waals surface area contributed by atoms with E-state index < -0.39 is 5.97 Å². The van der Waals surface area contributed by atoms with E-state index in [1.165, 1.54) is 0 Å². The van der Waals surface area contributed by atoms with Gasteiger partial charge in [-0.3, -0.25) is 4.57 Å². The summed E-state index contributed by atoms with van der Waals surface area (Å²) in [6, 6.07) is 21.0. The van der Waals surface area contributed by atoms with Gasteiger partial charge in [0.15, 0.2) is 5.82 Å². The van der Waals surface area contributed by atoms with Crippen LogP contribution in [0.5, 0.6) is 5.75 Å². The molecule has 3 aromatic carbocycles. The second kappa shape index (κ2) is 7.59. The van der Waals surface area contributed by atoms with Crippen molar-refractivity contribution in [3.8, 4) is 17.1 Å². The van der Waals surface area contributed by atoms with Gasteiger partial charge in [0.1, 0.15) is 17.3 Å². The lowest BCUT2D eigenvalue weighted by Gasteiger charge is -2.11. The SMILES string of the molecule is COc1ccc(-c2nnc(C)n2/C(=C\c2cccc3ccccc23)C(=O)O)cc1. The highest BCUT2D eigenvalue weighted by Crippen LogP contribution is 2.27. The molecule has 144 valence electrons. The van der Waals surface area contributed by atoms with Gasteiger partial charge >= 0.3 is 5.97 Å². The van der Waals surface area contributed by atoms with E-state index in [4.69, 9.17) is 4.74 Å². The van der Waals surface area contributed by atoms with Crippen LogP contribution in [0.25, 0.3) is 33.9 Å². The smallest absolute Gasteiger partial charge is 0.352 e. The summed E-state index contributed by atoms with van der Waals surface area (Å²) in [6.07, 6.45) is 1.66. The van der Waals surface area contributed by atoms with Gasteiger partial charge in [0, 0.05) is 5.56 Å². The molecule has 0 radical (unpaired) electrons. The van der Waals surface area contributed by atoms with Gasteiger partial charge in [-0.05, 0) is 53.6 Å². The molecule has 1 heterocycles. The van der Waals surface area contributed by atoms with Crippen LogP contribution in [0.15, 0.2) is 66.7 Å². The van der Waals surface area contributed by atoms with Crippen molar-refractivity contribution >= 4 is 28.5 Å². The highest BCUT2D eigenvalue weighted by Gasteiger charge is 2.20. The van der Waals surface area contributed by atoms with Crippen LogP contribution in [0.4, 0.5) is 0 Å². The number of rotatable bonds is 5. The number of hydrogen-bond acceptors (Lipinski definition) is 4. The van der Waals surface area contributed by atoms with Crippen molar-refractivity contribution in [1.29, 1.82) is 0 Å². The molecule has 0 aliphatic carbocycles. The Morgan fingerprint density at radius 1 is 1.00 bits per heavy atom. The van der Waals surface area contributed by atoms with E-state index in [0.717, 1.165) is 21.9 Å². The first-order valence-electron chi connectivity index (χ1n) is 9.08. The molecule has 0 spiro atoms. The lowest BCUT2D eigenvalue weighted by molar-refractivity contribution is -0.130. The summed E-state index contributed by atoms with van der Waals surface area (Å²) in [5, 5.41) is 20.3. The molecule has 0 aliphatic rings.